The van der Waals surface area contributed by atoms with E-state index in [4.69, 9.17) is 0 Å². The molecule has 0 radical (unpaired) electrons. The number of nitrogens with one attached hydrogen (secondary N) is 1. The van der Waals surface area contributed by atoms with Crippen LogP contribution < -0.4 is 5.32 Å². The summed E-state index contributed by atoms with van der Waals surface area (Å²) in [5.74, 6) is 2.14. The van der Waals surface area contributed by atoms with Crippen molar-refractivity contribution >= 4 is 6.41 Å². The van der Waals surface area contributed by atoms with Gasteiger partial charge in [0.1, 0.15) is 0 Å². The zero-order chi connectivity index (χ0) is 9.84. The summed E-state index contributed by atoms with van der Waals surface area (Å²) in [4.78, 5) is 10.4. The van der Waals surface area contributed by atoms with Crippen LogP contribution >= 0.6 is 0 Å². The van der Waals surface area contributed by atoms with E-state index in [0.717, 1.165) is 18.7 Å². The molecule has 1 rings (SSSR count). The van der Waals surface area contributed by atoms with Gasteiger partial charge in [-0.25, -0.2) is 0 Å². The maximum absolute atomic E-state index is 10.4. The van der Waals surface area contributed by atoms with Gasteiger partial charge in [-0.2, -0.15) is 0 Å². The highest BCUT2D eigenvalue weighted by molar-refractivity contribution is 5.46. The molecular formula is C11H21NO. The van der Waals surface area contributed by atoms with E-state index < -0.39 is 0 Å². The molecule has 1 aliphatic rings. The van der Waals surface area contributed by atoms with E-state index in [1.807, 2.05) is 0 Å². The van der Waals surface area contributed by atoms with Gasteiger partial charge in [0.05, 0.1) is 0 Å². The quantitative estimate of drug-likeness (QED) is 0.668. The largest absolute Gasteiger partial charge is 0.356 e. The first-order chi connectivity index (χ1) is 6.15. The van der Waals surface area contributed by atoms with Crippen molar-refractivity contribution in [2.75, 3.05) is 0 Å². The van der Waals surface area contributed by atoms with Gasteiger partial charge in [0.2, 0.25) is 6.41 Å². The fourth-order valence-corrected chi connectivity index (χ4v) is 2.48. The highest BCUT2D eigenvalue weighted by atomic mass is 16.1. The highest BCUT2D eigenvalue weighted by Gasteiger charge is 2.29. The van der Waals surface area contributed by atoms with Crippen LogP contribution in [0.3, 0.4) is 0 Å². The van der Waals surface area contributed by atoms with Crippen molar-refractivity contribution in [2.45, 2.75) is 46.1 Å². The van der Waals surface area contributed by atoms with E-state index in [2.05, 4.69) is 26.1 Å². The third-order valence-corrected chi connectivity index (χ3v) is 3.30. The van der Waals surface area contributed by atoms with Crippen molar-refractivity contribution < 1.29 is 4.79 Å². The number of amides is 1. The molecule has 1 saturated carbocycles. The fraction of sp³-hybridized carbons (Fsp3) is 0.909. The predicted molar refractivity (Wildman–Crippen MR) is 54.3 cm³/mol. The van der Waals surface area contributed by atoms with Gasteiger partial charge >= 0.3 is 0 Å². The Kier molecular flexibility index (Phi) is 3.76. The van der Waals surface area contributed by atoms with Crippen molar-refractivity contribution in [1.82, 2.24) is 5.32 Å². The van der Waals surface area contributed by atoms with Gasteiger partial charge in [-0.3, -0.25) is 4.79 Å². The van der Waals surface area contributed by atoms with Crippen LogP contribution in [0.25, 0.3) is 0 Å². The molecule has 0 aromatic carbocycles. The summed E-state index contributed by atoms with van der Waals surface area (Å²) >= 11 is 0. The Morgan fingerprint density at radius 3 is 2.62 bits per heavy atom. The second-order valence-electron chi connectivity index (χ2n) is 4.72. The summed E-state index contributed by atoms with van der Waals surface area (Å²) in [6, 6.07) is 0.418. The van der Waals surface area contributed by atoms with Crippen LogP contribution in [0.4, 0.5) is 0 Å². The van der Waals surface area contributed by atoms with Crippen molar-refractivity contribution in [1.29, 1.82) is 0 Å². The molecule has 0 aromatic rings. The summed E-state index contributed by atoms with van der Waals surface area (Å²) in [6.07, 6.45) is 4.60. The van der Waals surface area contributed by atoms with Crippen molar-refractivity contribution in [3.05, 3.63) is 0 Å². The van der Waals surface area contributed by atoms with E-state index in [9.17, 15) is 4.79 Å². The molecule has 1 unspecified atom stereocenters. The van der Waals surface area contributed by atoms with Gasteiger partial charge in [-0.15, -0.1) is 0 Å². The van der Waals surface area contributed by atoms with Crippen LogP contribution in [0.2, 0.25) is 0 Å². The standard InChI is InChI=1S/C11H21NO/c1-8(2)10-5-4-9(3)6-11(10)12-7-13/h7-11H,4-6H2,1-3H3,(H,12,13)/t9?,10-,11-/m0/s1. The molecule has 0 aromatic heterocycles. The average molecular weight is 183 g/mol. The van der Waals surface area contributed by atoms with Gasteiger partial charge in [0.25, 0.3) is 0 Å². The summed E-state index contributed by atoms with van der Waals surface area (Å²) < 4.78 is 0. The first kappa shape index (κ1) is 10.6. The average Bonchev–Trinajstić information content (AvgIpc) is 2.04. The SMILES string of the molecule is CC1CC[C@@H](C(C)C)[C@@H](NC=O)C1. The van der Waals surface area contributed by atoms with Crippen LogP contribution in [0.5, 0.6) is 0 Å². The molecule has 0 bridgehead atoms. The lowest BCUT2D eigenvalue weighted by atomic mass is 9.74. The first-order valence-corrected chi connectivity index (χ1v) is 5.34. The number of rotatable bonds is 3. The summed E-state index contributed by atoms with van der Waals surface area (Å²) in [5.41, 5.74) is 0. The van der Waals surface area contributed by atoms with Gasteiger partial charge in [-0.05, 0) is 30.6 Å². The molecule has 76 valence electrons. The first-order valence-electron chi connectivity index (χ1n) is 5.34. The molecule has 1 amide bonds. The minimum absolute atomic E-state index is 0.418. The molecular weight excluding hydrogens is 162 g/mol. The maximum Gasteiger partial charge on any atom is 0.207 e. The van der Waals surface area contributed by atoms with Crippen molar-refractivity contribution in [2.24, 2.45) is 17.8 Å². The van der Waals surface area contributed by atoms with Crippen LogP contribution in [-0.2, 0) is 4.79 Å². The number of hydrogen-bond acceptors (Lipinski definition) is 1. The zero-order valence-electron chi connectivity index (χ0n) is 8.92. The summed E-state index contributed by atoms with van der Waals surface area (Å²) in [7, 11) is 0. The van der Waals surface area contributed by atoms with Gasteiger partial charge in [-0.1, -0.05) is 27.2 Å². The lowest BCUT2D eigenvalue weighted by Crippen LogP contribution is -2.42. The lowest BCUT2D eigenvalue weighted by molar-refractivity contribution is -0.111. The van der Waals surface area contributed by atoms with Crippen LogP contribution in [0, 0.1) is 17.8 Å². The molecule has 1 N–H and O–H groups in total. The fourth-order valence-electron chi connectivity index (χ4n) is 2.48. The second kappa shape index (κ2) is 4.64. The Labute approximate surface area is 81.1 Å². The van der Waals surface area contributed by atoms with E-state index in [1.54, 1.807) is 0 Å². The van der Waals surface area contributed by atoms with Gasteiger partial charge in [0.15, 0.2) is 0 Å². The zero-order valence-corrected chi connectivity index (χ0v) is 8.92. The molecule has 1 aliphatic carbocycles. The third kappa shape index (κ3) is 2.71. The van der Waals surface area contributed by atoms with Crippen molar-refractivity contribution in [3.8, 4) is 0 Å². The maximum atomic E-state index is 10.4. The Morgan fingerprint density at radius 2 is 2.08 bits per heavy atom. The van der Waals surface area contributed by atoms with E-state index >= 15 is 0 Å². The van der Waals surface area contributed by atoms with Crippen molar-refractivity contribution in [3.63, 3.8) is 0 Å². The minimum Gasteiger partial charge on any atom is -0.356 e. The van der Waals surface area contributed by atoms with Gasteiger partial charge in [0, 0.05) is 6.04 Å². The van der Waals surface area contributed by atoms with Crippen LogP contribution in [0.15, 0.2) is 0 Å². The predicted octanol–water partition coefficient (Wildman–Crippen LogP) is 2.19. The molecule has 0 saturated heterocycles. The molecule has 13 heavy (non-hydrogen) atoms. The molecule has 3 atom stereocenters. The topological polar surface area (TPSA) is 29.1 Å². The molecule has 2 heteroatoms. The Balaban J connectivity index is 2.54. The highest BCUT2D eigenvalue weighted by Crippen LogP contribution is 2.33. The Hall–Kier alpha value is -0.530. The normalized spacial score (nSPS) is 34.6. The molecule has 2 nitrogen and oxygen atoms in total. The van der Waals surface area contributed by atoms with Crippen LogP contribution in [-0.4, -0.2) is 12.5 Å². The summed E-state index contributed by atoms with van der Waals surface area (Å²) in [5, 5.41) is 2.97. The Morgan fingerprint density at radius 1 is 1.38 bits per heavy atom. The number of carbonyl (C=O) groups excluding carboxylic acids is 1. The third-order valence-electron chi connectivity index (χ3n) is 3.30. The van der Waals surface area contributed by atoms with E-state index in [0.29, 0.717) is 17.9 Å². The molecule has 0 spiro atoms. The molecule has 1 fully saturated rings. The lowest BCUT2D eigenvalue weighted by Gasteiger charge is -2.36. The van der Waals surface area contributed by atoms with E-state index in [-0.39, 0.29) is 0 Å². The number of hydrogen-bond donors (Lipinski definition) is 1. The van der Waals surface area contributed by atoms with E-state index in [1.165, 1.54) is 12.8 Å². The monoisotopic (exact) mass is 183 g/mol. The van der Waals surface area contributed by atoms with Crippen LogP contribution in [0.1, 0.15) is 40.0 Å². The second-order valence-corrected chi connectivity index (χ2v) is 4.72. The number of carbonyl (C=O) groups is 1. The molecule has 0 aliphatic heterocycles. The minimum atomic E-state index is 0.418. The Bertz CT molecular complexity index is 167. The molecule has 0 heterocycles. The summed E-state index contributed by atoms with van der Waals surface area (Å²) in [6.45, 7) is 6.77. The van der Waals surface area contributed by atoms with Gasteiger partial charge < -0.3 is 5.32 Å². The smallest absolute Gasteiger partial charge is 0.207 e.